The van der Waals surface area contributed by atoms with Gasteiger partial charge in [0.25, 0.3) is 0 Å². The van der Waals surface area contributed by atoms with Crippen molar-refractivity contribution in [3.8, 4) is 0 Å². The van der Waals surface area contributed by atoms with Crippen LogP contribution >= 0.6 is 0 Å². The molecule has 0 radical (unpaired) electrons. The summed E-state index contributed by atoms with van der Waals surface area (Å²) >= 11 is 0. The van der Waals surface area contributed by atoms with Gasteiger partial charge in [0.2, 0.25) is 11.8 Å². The number of nitrogens with zero attached hydrogens (tertiary/aromatic N) is 3. The first-order valence-corrected chi connectivity index (χ1v) is 7.95. The van der Waals surface area contributed by atoms with Gasteiger partial charge in [-0.25, -0.2) is 4.79 Å². The lowest BCUT2D eigenvalue weighted by Gasteiger charge is -2.34. The molecule has 1 aromatic heterocycles. The van der Waals surface area contributed by atoms with Gasteiger partial charge in [0.05, 0.1) is 6.61 Å². The smallest absolute Gasteiger partial charge is 0.409 e. The SMILES string of the molecule is CCOC(=O)N1CCN(C(=O)CC(=O)NCc2ccncc2)CC1. The van der Waals surface area contributed by atoms with Gasteiger partial charge in [-0.3, -0.25) is 14.6 Å². The van der Waals surface area contributed by atoms with Gasteiger partial charge in [-0.05, 0) is 24.6 Å². The van der Waals surface area contributed by atoms with Crippen LogP contribution in [0.15, 0.2) is 24.5 Å². The van der Waals surface area contributed by atoms with E-state index >= 15 is 0 Å². The Labute approximate surface area is 140 Å². The normalized spacial score (nSPS) is 14.2. The lowest BCUT2D eigenvalue weighted by molar-refractivity contribution is -0.137. The number of hydrogen-bond donors (Lipinski definition) is 1. The average Bonchev–Trinajstić information content (AvgIpc) is 2.61. The molecule has 2 heterocycles. The van der Waals surface area contributed by atoms with Crippen molar-refractivity contribution in [2.45, 2.75) is 19.9 Å². The number of amides is 3. The highest BCUT2D eigenvalue weighted by atomic mass is 16.6. The molecule has 0 aliphatic carbocycles. The number of piperazine rings is 1. The van der Waals surface area contributed by atoms with Crippen LogP contribution in [0.2, 0.25) is 0 Å². The first-order chi connectivity index (χ1) is 11.6. The highest BCUT2D eigenvalue weighted by Crippen LogP contribution is 2.06. The Morgan fingerprint density at radius 3 is 2.38 bits per heavy atom. The number of hydrogen-bond acceptors (Lipinski definition) is 5. The van der Waals surface area contributed by atoms with Crippen LogP contribution in [0.4, 0.5) is 4.79 Å². The molecule has 0 aromatic carbocycles. The molecule has 0 spiro atoms. The van der Waals surface area contributed by atoms with Crippen molar-refractivity contribution in [3.63, 3.8) is 0 Å². The maximum atomic E-state index is 12.1. The molecule has 1 saturated heterocycles. The van der Waals surface area contributed by atoms with Crippen molar-refractivity contribution in [1.29, 1.82) is 0 Å². The van der Waals surface area contributed by atoms with E-state index in [2.05, 4.69) is 10.3 Å². The van der Waals surface area contributed by atoms with E-state index in [4.69, 9.17) is 4.74 Å². The van der Waals surface area contributed by atoms with Crippen LogP contribution in [-0.2, 0) is 20.9 Å². The maximum Gasteiger partial charge on any atom is 0.409 e. The minimum Gasteiger partial charge on any atom is -0.450 e. The lowest BCUT2D eigenvalue weighted by atomic mass is 10.2. The molecule has 1 aliphatic heterocycles. The van der Waals surface area contributed by atoms with Gasteiger partial charge in [0.1, 0.15) is 6.42 Å². The first-order valence-electron chi connectivity index (χ1n) is 7.95. The monoisotopic (exact) mass is 334 g/mol. The first kappa shape index (κ1) is 17.7. The molecule has 0 bridgehead atoms. The predicted molar refractivity (Wildman–Crippen MR) is 85.9 cm³/mol. The fraction of sp³-hybridized carbons (Fsp3) is 0.500. The topological polar surface area (TPSA) is 91.8 Å². The van der Waals surface area contributed by atoms with E-state index in [1.165, 1.54) is 0 Å². The van der Waals surface area contributed by atoms with E-state index in [1.807, 2.05) is 0 Å². The predicted octanol–water partition coefficient (Wildman–Crippen LogP) is 0.389. The van der Waals surface area contributed by atoms with E-state index in [1.54, 1.807) is 41.2 Å². The standard InChI is InChI=1S/C16H22N4O4/c1-2-24-16(23)20-9-7-19(8-10-20)15(22)11-14(21)18-12-13-3-5-17-6-4-13/h3-6H,2,7-12H2,1H3,(H,18,21). The van der Waals surface area contributed by atoms with Crippen LogP contribution in [0.5, 0.6) is 0 Å². The molecule has 8 nitrogen and oxygen atoms in total. The van der Waals surface area contributed by atoms with Crippen molar-refractivity contribution >= 4 is 17.9 Å². The summed E-state index contributed by atoms with van der Waals surface area (Å²) in [5, 5.41) is 2.71. The van der Waals surface area contributed by atoms with Crippen LogP contribution < -0.4 is 5.32 Å². The van der Waals surface area contributed by atoms with Crippen molar-refractivity contribution < 1.29 is 19.1 Å². The quantitative estimate of drug-likeness (QED) is 0.787. The summed E-state index contributed by atoms with van der Waals surface area (Å²) in [7, 11) is 0. The Morgan fingerprint density at radius 1 is 1.12 bits per heavy atom. The highest BCUT2D eigenvalue weighted by molar-refractivity contribution is 5.96. The van der Waals surface area contributed by atoms with E-state index < -0.39 is 0 Å². The number of carbonyl (C=O) groups is 3. The number of ether oxygens (including phenoxy) is 1. The highest BCUT2D eigenvalue weighted by Gasteiger charge is 2.25. The van der Waals surface area contributed by atoms with Crippen LogP contribution in [-0.4, -0.2) is 65.5 Å². The summed E-state index contributed by atoms with van der Waals surface area (Å²) in [5.74, 6) is -0.546. The molecular formula is C16H22N4O4. The molecule has 24 heavy (non-hydrogen) atoms. The van der Waals surface area contributed by atoms with Gasteiger partial charge in [-0.1, -0.05) is 0 Å². The van der Waals surface area contributed by atoms with Crippen LogP contribution in [0, 0.1) is 0 Å². The minimum atomic E-state index is -0.361. The zero-order valence-electron chi connectivity index (χ0n) is 13.7. The largest absolute Gasteiger partial charge is 0.450 e. The number of pyridine rings is 1. The zero-order chi connectivity index (χ0) is 17.4. The second-order valence-corrected chi connectivity index (χ2v) is 5.38. The molecule has 1 N–H and O–H groups in total. The Balaban J connectivity index is 1.71. The molecule has 3 amide bonds. The summed E-state index contributed by atoms with van der Waals surface area (Å²) in [5.41, 5.74) is 0.925. The molecule has 130 valence electrons. The van der Waals surface area contributed by atoms with Gasteiger partial charge in [0, 0.05) is 45.1 Å². The van der Waals surface area contributed by atoms with Gasteiger partial charge in [0.15, 0.2) is 0 Å². The lowest BCUT2D eigenvalue weighted by Crippen LogP contribution is -2.51. The van der Waals surface area contributed by atoms with Crippen molar-refractivity contribution in [1.82, 2.24) is 20.1 Å². The van der Waals surface area contributed by atoms with Gasteiger partial charge >= 0.3 is 6.09 Å². The molecule has 0 atom stereocenters. The molecule has 8 heteroatoms. The van der Waals surface area contributed by atoms with Gasteiger partial charge in [-0.2, -0.15) is 0 Å². The van der Waals surface area contributed by atoms with Crippen molar-refractivity contribution in [2.24, 2.45) is 0 Å². The third-order valence-electron chi connectivity index (χ3n) is 3.71. The fourth-order valence-electron chi connectivity index (χ4n) is 2.37. The minimum absolute atomic E-state index is 0.190. The third kappa shape index (κ3) is 5.22. The van der Waals surface area contributed by atoms with Crippen molar-refractivity contribution in [3.05, 3.63) is 30.1 Å². The van der Waals surface area contributed by atoms with E-state index in [9.17, 15) is 14.4 Å². The second kappa shape index (κ2) is 8.85. The Bertz CT molecular complexity index is 571. The van der Waals surface area contributed by atoms with E-state index in [0.29, 0.717) is 39.3 Å². The molecule has 1 aromatic rings. The van der Waals surface area contributed by atoms with Gasteiger partial charge < -0.3 is 19.9 Å². The maximum absolute atomic E-state index is 12.1. The van der Waals surface area contributed by atoms with Crippen molar-refractivity contribution in [2.75, 3.05) is 32.8 Å². The van der Waals surface area contributed by atoms with Crippen LogP contribution in [0.1, 0.15) is 18.9 Å². The molecule has 0 saturated carbocycles. The molecular weight excluding hydrogens is 312 g/mol. The Morgan fingerprint density at radius 2 is 1.75 bits per heavy atom. The summed E-state index contributed by atoms with van der Waals surface area (Å²) in [6, 6.07) is 3.60. The molecule has 1 aliphatic rings. The average molecular weight is 334 g/mol. The molecule has 0 unspecified atom stereocenters. The molecule has 2 rings (SSSR count). The number of carbonyl (C=O) groups excluding carboxylic acids is 3. The Kier molecular flexibility index (Phi) is 6.53. The number of rotatable bonds is 5. The van der Waals surface area contributed by atoms with Gasteiger partial charge in [-0.15, -0.1) is 0 Å². The summed E-state index contributed by atoms with van der Waals surface area (Å²) < 4.78 is 4.93. The second-order valence-electron chi connectivity index (χ2n) is 5.38. The zero-order valence-corrected chi connectivity index (χ0v) is 13.7. The van der Waals surface area contributed by atoms with Crippen LogP contribution in [0.3, 0.4) is 0 Å². The summed E-state index contributed by atoms with van der Waals surface area (Å²) in [6.07, 6.45) is 2.75. The summed E-state index contributed by atoms with van der Waals surface area (Å²) in [4.78, 5) is 42.7. The molecule has 1 fully saturated rings. The number of aromatic nitrogens is 1. The number of nitrogens with one attached hydrogen (secondary N) is 1. The fourth-order valence-corrected chi connectivity index (χ4v) is 2.37. The Hall–Kier alpha value is -2.64. The van der Waals surface area contributed by atoms with Crippen LogP contribution in [0.25, 0.3) is 0 Å². The van der Waals surface area contributed by atoms with E-state index in [-0.39, 0.29) is 24.3 Å². The van der Waals surface area contributed by atoms with E-state index in [0.717, 1.165) is 5.56 Å². The third-order valence-corrected chi connectivity index (χ3v) is 3.71. The summed E-state index contributed by atoms with van der Waals surface area (Å²) in [6.45, 7) is 4.11.